The molecule has 1 nitrogen and oxygen atoms in total. The van der Waals surface area contributed by atoms with E-state index >= 15 is 0 Å². The lowest BCUT2D eigenvalue weighted by atomic mass is 9.87. The van der Waals surface area contributed by atoms with Gasteiger partial charge in [0.15, 0.2) is 8.96 Å². The highest BCUT2D eigenvalue weighted by Crippen LogP contribution is 2.35. The molecule has 0 saturated heterocycles. The predicted molar refractivity (Wildman–Crippen MR) is 105 cm³/mol. The van der Waals surface area contributed by atoms with Gasteiger partial charge >= 0.3 is 0 Å². The maximum Gasteiger partial charge on any atom is 0.163 e. The molecule has 0 aliphatic heterocycles. The monoisotopic (exact) mass is 329 g/mol. The van der Waals surface area contributed by atoms with E-state index in [1.165, 1.54) is 5.56 Å². The fraction of sp³-hybridized carbons (Fsp3) is 0.474. The second kappa shape index (κ2) is 6.30. The number of nitrogens with one attached hydrogen (secondary N) is 1. The first-order chi connectivity index (χ1) is 10.1. The van der Waals surface area contributed by atoms with Crippen LogP contribution in [0.5, 0.6) is 0 Å². The third-order valence-electron chi connectivity index (χ3n) is 4.20. The first-order valence-electron chi connectivity index (χ1n) is 8.33. The summed E-state index contributed by atoms with van der Waals surface area (Å²) in [5.41, 5.74) is 3.24. The standard InChI is InChI=1S/C19H31NSi2/c1-15-11-8-9-13-17(15)21(20-22(5,6)7)18-14-10-12-16(18)19(2,3)4/h8-13,20-21H,14H2,1-7H3. The molecule has 0 amide bonds. The van der Waals surface area contributed by atoms with E-state index in [0.717, 1.165) is 6.42 Å². The Kier molecular flexibility index (Phi) is 5.00. The molecule has 0 radical (unpaired) electrons. The molecule has 1 aliphatic carbocycles. The Morgan fingerprint density at radius 2 is 1.73 bits per heavy atom. The summed E-state index contributed by atoms with van der Waals surface area (Å²) in [6.07, 6.45) is 5.87. The third kappa shape index (κ3) is 4.09. The van der Waals surface area contributed by atoms with Gasteiger partial charge in [-0.3, -0.25) is 0 Å². The summed E-state index contributed by atoms with van der Waals surface area (Å²) in [6, 6.07) is 8.98. The van der Waals surface area contributed by atoms with Crippen molar-refractivity contribution in [2.75, 3.05) is 0 Å². The maximum absolute atomic E-state index is 4.14. The number of benzene rings is 1. The Morgan fingerprint density at radius 1 is 1.09 bits per heavy atom. The van der Waals surface area contributed by atoms with E-state index in [0.29, 0.717) is 0 Å². The summed E-state index contributed by atoms with van der Waals surface area (Å²) in [6.45, 7) is 16.6. The molecule has 120 valence electrons. The molecule has 3 heteroatoms. The Bertz CT molecular complexity index is 601. The molecule has 0 fully saturated rings. The van der Waals surface area contributed by atoms with Crippen LogP contribution in [0.1, 0.15) is 32.8 Å². The lowest BCUT2D eigenvalue weighted by Gasteiger charge is -2.32. The van der Waals surface area contributed by atoms with Crippen molar-refractivity contribution < 1.29 is 0 Å². The van der Waals surface area contributed by atoms with Crippen molar-refractivity contribution in [3.63, 3.8) is 0 Å². The fourth-order valence-corrected chi connectivity index (χ4v) is 10.4. The Balaban J connectivity index is 2.53. The molecule has 1 unspecified atom stereocenters. The van der Waals surface area contributed by atoms with Crippen molar-refractivity contribution in [1.29, 1.82) is 0 Å². The van der Waals surface area contributed by atoms with Gasteiger partial charge in [-0.15, -0.1) is 0 Å². The van der Waals surface area contributed by atoms with Gasteiger partial charge < -0.3 is 4.65 Å². The quantitative estimate of drug-likeness (QED) is 0.817. The van der Waals surface area contributed by atoms with Gasteiger partial charge in [-0.2, -0.15) is 0 Å². The summed E-state index contributed by atoms with van der Waals surface area (Å²) in [5, 5.41) is 3.27. The normalized spacial score (nSPS) is 17.2. The smallest absolute Gasteiger partial charge is 0.163 e. The number of hydrogen-bond donors (Lipinski definition) is 1. The SMILES string of the molecule is Cc1ccccc1[SiH](N[Si](C)(C)C)C1=C(C(C)(C)C)C=CC1. The van der Waals surface area contributed by atoms with Crippen LogP contribution in [0.25, 0.3) is 0 Å². The summed E-state index contributed by atoms with van der Waals surface area (Å²) >= 11 is 0. The van der Waals surface area contributed by atoms with Crippen molar-refractivity contribution in [3.05, 3.63) is 52.8 Å². The second-order valence-electron chi connectivity index (χ2n) is 8.48. The molecule has 0 spiro atoms. The molecule has 0 saturated carbocycles. The Labute approximate surface area is 139 Å². The molecular formula is C19H31NSi2. The number of rotatable bonds is 4. The predicted octanol–water partition coefficient (Wildman–Crippen LogP) is 4.19. The van der Waals surface area contributed by atoms with Gasteiger partial charge in [0.05, 0.1) is 0 Å². The minimum atomic E-state index is -1.34. The summed E-state index contributed by atoms with van der Waals surface area (Å²) in [4.78, 5) is 0. The fourth-order valence-electron chi connectivity index (χ4n) is 3.22. The van der Waals surface area contributed by atoms with Gasteiger partial charge in [-0.25, -0.2) is 0 Å². The highest BCUT2D eigenvalue weighted by atomic mass is 28.4. The molecule has 2 rings (SSSR count). The van der Waals surface area contributed by atoms with Gasteiger partial charge in [-0.1, -0.05) is 87.6 Å². The minimum absolute atomic E-state index is 0.234. The van der Waals surface area contributed by atoms with Crippen LogP contribution >= 0.6 is 0 Å². The van der Waals surface area contributed by atoms with E-state index in [9.17, 15) is 0 Å². The summed E-state index contributed by atoms with van der Waals surface area (Å²) < 4.78 is 4.14. The molecule has 0 heterocycles. The zero-order chi connectivity index (χ0) is 16.5. The van der Waals surface area contributed by atoms with Crippen LogP contribution in [0.15, 0.2) is 47.2 Å². The second-order valence-corrected chi connectivity index (χ2v) is 16.3. The van der Waals surface area contributed by atoms with Crippen molar-refractivity contribution in [2.24, 2.45) is 5.41 Å². The van der Waals surface area contributed by atoms with Gasteiger partial charge in [0.1, 0.15) is 8.24 Å². The molecular weight excluding hydrogens is 298 g/mol. The highest BCUT2D eigenvalue weighted by Gasteiger charge is 2.31. The molecule has 0 bridgehead atoms. The number of allylic oxidation sites excluding steroid dienone is 4. The lowest BCUT2D eigenvalue weighted by molar-refractivity contribution is 0.516. The molecule has 1 atom stereocenters. The Morgan fingerprint density at radius 3 is 2.27 bits per heavy atom. The average molecular weight is 330 g/mol. The summed E-state index contributed by atoms with van der Waals surface area (Å²) in [5.74, 6) is 0. The first kappa shape index (κ1) is 17.4. The lowest BCUT2D eigenvalue weighted by Crippen LogP contribution is -2.58. The number of aryl methyl sites for hydroxylation is 1. The van der Waals surface area contributed by atoms with E-state index in [1.807, 2.05) is 0 Å². The zero-order valence-corrected chi connectivity index (χ0v) is 17.4. The maximum atomic E-state index is 4.14. The molecule has 1 aliphatic rings. The van der Waals surface area contributed by atoms with Gasteiger partial charge in [0, 0.05) is 0 Å². The van der Waals surface area contributed by atoms with Crippen LogP contribution in [0.4, 0.5) is 0 Å². The van der Waals surface area contributed by atoms with Crippen LogP contribution in [-0.4, -0.2) is 17.2 Å². The van der Waals surface area contributed by atoms with Crippen LogP contribution in [-0.2, 0) is 0 Å². The van der Waals surface area contributed by atoms with E-state index in [1.54, 1.807) is 16.0 Å². The van der Waals surface area contributed by atoms with Crippen LogP contribution < -0.4 is 9.83 Å². The molecule has 22 heavy (non-hydrogen) atoms. The first-order valence-corrected chi connectivity index (χ1v) is 13.6. The minimum Gasteiger partial charge on any atom is -0.355 e. The van der Waals surface area contributed by atoms with Gasteiger partial charge in [0.2, 0.25) is 0 Å². The molecule has 1 N–H and O–H groups in total. The van der Waals surface area contributed by atoms with Crippen molar-refractivity contribution in [2.45, 2.75) is 53.8 Å². The van der Waals surface area contributed by atoms with Crippen LogP contribution in [0.2, 0.25) is 19.6 Å². The van der Waals surface area contributed by atoms with Gasteiger partial charge in [-0.05, 0) is 29.5 Å². The van der Waals surface area contributed by atoms with Gasteiger partial charge in [0.25, 0.3) is 0 Å². The zero-order valence-electron chi connectivity index (χ0n) is 15.2. The van der Waals surface area contributed by atoms with E-state index < -0.39 is 17.2 Å². The largest absolute Gasteiger partial charge is 0.355 e. The van der Waals surface area contributed by atoms with Crippen molar-refractivity contribution in [3.8, 4) is 0 Å². The van der Waals surface area contributed by atoms with Crippen molar-refractivity contribution in [1.82, 2.24) is 4.65 Å². The molecule has 1 aromatic rings. The van der Waals surface area contributed by atoms with E-state index in [-0.39, 0.29) is 5.41 Å². The molecule has 1 aromatic carbocycles. The van der Waals surface area contributed by atoms with E-state index in [4.69, 9.17) is 0 Å². The van der Waals surface area contributed by atoms with Crippen LogP contribution in [0.3, 0.4) is 0 Å². The van der Waals surface area contributed by atoms with Crippen molar-refractivity contribution >= 4 is 22.4 Å². The summed E-state index contributed by atoms with van der Waals surface area (Å²) in [7, 11) is -2.67. The average Bonchev–Trinajstić information content (AvgIpc) is 2.84. The highest BCUT2D eigenvalue weighted by molar-refractivity contribution is 6.91. The number of hydrogen-bond acceptors (Lipinski definition) is 1. The topological polar surface area (TPSA) is 12.0 Å². The van der Waals surface area contributed by atoms with Crippen LogP contribution in [0, 0.1) is 12.3 Å². The third-order valence-corrected chi connectivity index (χ3v) is 11.3. The van der Waals surface area contributed by atoms with E-state index in [2.05, 4.69) is 88.4 Å². The Hall–Kier alpha value is -0.906. The molecule has 0 aromatic heterocycles.